The number of pyridine rings is 1. The first-order valence-electron chi connectivity index (χ1n) is 7.04. The number of allylic oxidation sites excluding steroid dienone is 2. The van der Waals surface area contributed by atoms with Crippen molar-refractivity contribution in [3.05, 3.63) is 34.2 Å². The predicted molar refractivity (Wildman–Crippen MR) is 81.4 cm³/mol. The lowest BCUT2D eigenvalue weighted by Gasteiger charge is -2.14. The number of rotatable bonds is 6. The van der Waals surface area contributed by atoms with Gasteiger partial charge in [-0.3, -0.25) is 4.98 Å². The van der Waals surface area contributed by atoms with Crippen molar-refractivity contribution < 1.29 is 4.79 Å². The van der Waals surface area contributed by atoms with Crippen molar-refractivity contribution in [2.75, 3.05) is 0 Å². The van der Waals surface area contributed by atoms with E-state index in [1.807, 2.05) is 0 Å². The second kappa shape index (κ2) is 7.22. The molecule has 1 aromatic heterocycles. The predicted octanol–water partition coefficient (Wildman–Crippen LogP) is 4.48. The molecule has 0 aliphatic heterocycles. The highest BCUT2D eigenvalue weighted by molar-refractivity contribution is 5.69. The fourth-order valence-electron chi connectivity index (χ4n) is 2.50. The molecule has 0 saturated heterocycles. The lowest BCUT2D eigenvalue weighted by atomic mass is 9.95. The quantitative estimate of drug-likeness (QED) is 0.557. The average Bonchev–Trinajstić information content (AvgIpc) is 2.36. The average molecular weight is 259 g/mol. The van der Waals surface area contributed by atoms with Crippen molar-refractivity contribution in [3.63, 3.8) is 0 Å². The zero-order valence-corrected chi connectivity index (χ0v) is 12.8. The van der Waals surface area contributed by atoms with E-state index in [1.54, 1.807) is 0 Å². The van der Waals surface area contributed by atoms with E-state index < -0.39 is 0 Å². The molecule has 1 rings (SSSR count). The zero-order valence-electron chi connectivity index (χ0n) is 12.8. The smallest absolute Gasteiger partial charge is 0.119 e. The number of hydrogen-bond donors (Lipinski definition) is 0. The Morgan fingerprint density at radius 2 is 1.63 bits per heavy atom. The largest absolute Gasteiger partial charge is 0.303 e. The number of aryl methyl sites for hydroxylation is 2. The molecule has 2 heteroatoms. The van der Waals surface area contributed by atoms with Gasteiger partial charge in [0.15, 0.2) is 0 Å². The Bertz CT molecular complexity index is 487. The molecule has 0 aliphatic carbocycles. The van der Waals surface area contributed by atoms with Gasteiger partial charge in [0.25, 0.3) is 0 Å². The van der Waals surface area contributed by atoms with Crippen LogP contribution in [0.5, 0.6) is 0 Å². The molecule has 0 bridgehead atoms. The first-order chi connectivity index (χ1) is 8.99. The van der Waals surface area contributed by atoms with Crippen LogP contribution in [0.25, 0.3) is 5.57 Å². The molecule has 0 saturated carbocycles. The summed E-state index contributed by atoms with van der Waals surface area (Å²) < 4.78 is 0. The minimum atomic E-state index is 0.677. The molecule has 1 aromatic rings. The molecule has 1 heterocycles. The van der Waals surface area contributed by atoms with Crippen LogP contribution in [0.4, 0.5) is 0 Å². The lowest BCUT2D eigenvalue weighted by Crippen LogP contribution is -2.01. The molecule has 0 fully saturated rings. The van der Waals surface area contributed by atoms with Gasteiger partial charge < -0.3 is 4.79 Å². The Balaban J connectivity index is 2.87. The van der Waals surface area contributed by atoms with E-state index in [1.165, 1.54) is 22.3 Å². The van der Waals surface area contributed by atoms with Crippen LogP contribution in [-0.4, -0.2) is 11.3 Å². The van der Waals surface area contributed by atoms with Gasteiger partial charge >= 0.3 is 0 Å². The Morgan fingerprint density at radius 3 is 2.26 bits per heavy atom. The fraction of sp³-hybridized carbons (Fsp3) is 0.529. The third kappa shape index (κ3) is 4.02. The van der Waals surface area contributed by atoms with Crippen LogP contribution in [0.15, 0.2) is 6.08 Å². The van der Waals surface area contributed by atoms with E-state index >= 15 is 0 Å². The first kappa shape index (κ1) is 15.6. The Hall–Kier alpha value is -1.44. The highest BCUT2D eigenvalue weighted by atomic mass is 16.1. The standard InChI is InChI=1S/C17H25NO/c1-12(10-8-6-7-9-11-19)17-14(3)13(2)15(4)18-16(17)5/h10-11H,6-9H2,1-5H3/b12-10+. The minimum Gasteiger partial charge on any atom is -0.303 e. The van der Waals surface area contributed by atoms with Crippen molar-refractivity contribution in [1.82, 2.24) is 4.98 Å². The normalized spacial score (nSPS) is 11.7. The Kier molecular flexibility index (Phi) is 5.94. The van der Waals surface area contributed by atoms with Crippen molar-refractivity contribution in [3.8, 4) is 0 Å². The van der Waals surface area contributed by atoms with Crippen LogP contribution in [0.2, 0.25) is 0 Å². The molecular formula is C17H25NO. The monoisotopic (exact) mass is 259 g/mol. The van der Waals surface area contributed by atoms with E-state index in [2.05, 4.69) is 45.7 Å². The topological polar surface area (TPSA) is 30.0 Å². The Labute approximate surface area is 117 Å². The van der Waals surface area contributed by atoms with Crippen LogP contribution in [0, 0.1) is 27.7 Å². The molecule has 0 atom stereocenters. The number of unbranched alkanes of at least 4 members (excludes halogenated alkanes) is 3. The molecule has 0 spiro atoms. The van der Waals surface area contributed by atoms with E-state index in [9.17, 15) is 4.79 Å². The third-order valence-corrected chi connectivity index (χ3v) is 3.80. The van der Waals surface area contributed by atoms with Gasteiger partial charge in [-0.25, -0.2) is 0 Å². The molecule has 0 amide bonds. The fourth-order valence-corrected chi connectivity index (χ4v) is 2.50. The van der Waals surface area contributed by atoms with Crippen LogP contribution in [-0.2, 0) is 4.79 Å². The van der Waals surface area contributed by atoms with E-state index in [-0.39, 0.29) is 0 Å². The van der Waals surface area contributed by atoms with Crippen LogP contribution < -0.4 is 0 Å². The van der Waals surface area contributed by atoms with Gasteiger partial charge in [0.05, 0.1) is 0 Å². The van der Waals surface area contributed by atoms with Gasteiger partial charge in [0, 0.05) is 23.4 Å². The van der Waals surface area contributed by atoms with E-state index in [0.29, 0.717) is 6.42 Å². The van der Waals surface area contributed by atoms with Crippen molar-refractivity contribution in [2.45, 2.75) is 60.3 Å². The number of carbonyl (C=O) groups is 1. The summed E-state index contributed by atoms with van der Waals surface area (Å²) in [5.41, 5.74) is 7.45. The number of nitrogens with zero attached hydrogens (tertiary/aromatic N) is 1. The van der Waals surface area contributed by atoms with Crippen LogP contribution in [0.1, 0.15) is 60.7 Å². The molecule has 0 aromatic carbocycles. The van der Waals surface area contributed by atoms with E-state index in [4.69, 9.17) is 0 Å². The molecule has 0 radical (unpaired) electrons. The summed E-state index contributed by atoms with van der Waals surface area (Å²) in [6, 6.07) is 0. The second-order valence-corrected chi connectivity index (χ2v) is 5.25. The molecule has 0 unspecified atom stereocenters. The second-order valence-electron chi connectivity index (χ2n) is 5.25. The number of hydrogen-bond acceptors (Lipinski definition) is 2. The molecule has 0 aliphatic rings. The molecule has 19 heavy (non-hydrogen) atoms. The maximum absolute atomic E-state index is 10.3. The summed E-state index contributed by atoms with van der Waals surface area (Å²) in [6.07, 6.45) is 7.04. The van der Waals surface area contributed by atoms with Gasteiger partial charge in [0.2, 0.25) is 0 Å². The maximum Gasteiger partial charge on any atom is 0.119 e. The summed E-state index contributed by atoms with van der Waals surface area (Å²) in [7, 11) is 0. The number of carbonyl (C=O) groups excluding carboxylic acids is 1. The summed E-state index contributed by atoms with van der Waals surface area (Å²) in [6.45, 7) is 10.6. The van der Waals surface area contributed by atoms with Crippen molar-refractivity contribution in [1.29, 1.82) is 0 Å². The third-order valence-electron chi connectivity index (χ3n) is 3.80. The zero-order chi connectivity index (χ0) is 14.4. The minimum absolute atomic E-state index is 0.677. The van der Waals surface area contributed by atoms with Gasteiger partial charge in [-0.05, 0) is 70.6 Å². The molecule has 2 nitrogen and oxygen atoms in total. The Morgan fingerprint density at radius 1 is 1.00 bits per heavy atom. The van der Waals surface area contributed by atoms with Crippen molar-refractivity contribution in [2.24, 2.45) is 0 Å². The molecule has 0 N–H and O–H groups in total. The summed E-state index contributed by atoms with van der Waals surface area (Å²) in [5.74, 6) is 0. The first-order valence-corrected chi connectivity index (χ1v) is 7.04. The molecular weight excluding hydrogens is 234 g/mol. The van der Waals surface area contributed by atoms with Gasteiger partial charge in [-0.1, -0.05) is 6.08 Å². The number of aromatic nitrogens is 1. The molecule has 104 valence electrons. The lowest BCUT2D eigenvalue weighted by molar-refractivity contribution is -0.107. The summed E-state index contributed by atoms with van der Waals surface area (Å²) in [5, 5.41) is 0. The summed E-state index contributed by atoms with van der Waals surface area (Å²) in [4.78, 5) is 14.9. The van der Waals surface area contributed by atoms with Gasteiger partial charge in [-0.2, -0.15) is 0 Å². The number of aldehydes is 1. The highest BCUT2D eigenvalue weighted by Crippen LogP contribution is 2.26. The van der Waals surface area contributed by atoms with Gasteiger partial charge in [-0.15, -0.1) is 0 Å². The van der Waals surface area contributed by atoms with E-state index in [0.717, 1.165) is 36.9 Å². The SMILES string of the molecule is C/C(=C\CCCCC=O)c1c(C)nc(C)c(C)c1C. The van der Waals surface area contributed by atoms with Gasteiger partial charge in [0.1, 0.15) is 6.29 Å². The maximum atomic E-state index is 10.3. The van der Waals surface area contributed by atoms with Crippen molar-refractivity contribution >= 4 is 11.9 Å². The summed E-state index contributed by atoms with van der Waals surface area (Å²) >= 11 is 0. The van der Waals surface area contributed by atoms with Crippen LogP contribution >= 0.6 is 0 Å². The highest BCUT2D eigenvalue weighted by Gasteiger charge is 2.10. The van der Waals surface area contributed by atoms with Crippen LogP contribution in [0.3, 0.4) is 0 Å².